The van der Waals surface area contributed by atoms with Gasteiger partial charge in [0.1, 0.15) is 11.5 Å². The monoisotopic (exact) mass is 420 g/mol. The number of hydrogen-bond donors (Lipinski definition) is 1. The van der Waals surface area contributed by atoms with Gasteiger partial charge in [0, 0.05) is 22.5 Å². The molecule has 0 unspecified atom stereocenters. The van der Waals surface area contributed by atoms with Crippen LogP contribution in [0, 0.1) is 6.92 Å². The molecule has 0 aliphatic carbocycles. The Bertz CT molecular complexity index is 1040. The first-order chi connectivity index (χ1) is 15.0. The van der Waals surface area contributed by atoms with E-state index in [1.807, 2.05) is 49.4 Å². The van der Waals surface area contributed by atoms with E-state index in [0.29, 0.717) is 12.1 Å². The SMILES string of the molecule is CCCCCc1c(-c2ccc(OC)cc2)c(C(N)=O)c(C)n1Cc1ccccc1OC. The van der Waals surface area contributed by atoms with Gasteiger partial charge in [-0.25, -0.2) is 0 Å². The van der Waals surface area contributed by atoms with E-state index in [1.165, 1.54) is 0 Å². The molecule has 0 saturated carbocycles. The Balaban J connectivity index is 2.19. The average molecular weight is 421 g/mol. The number of hydrogen-bond acceptors (Lipinski definition) is 3. The van der Waals surface area contributed by atoms with Gasteiger partial charge in [-0.3, -0.25) is 4.79 Å². The van der Waals surface area contributed by atoms with Crippen LogP contribution in [-0.2, 0) is 13.0 Å². The van der Waals surface area contributed by atoms with Crippen molar-refractivity contribution in [2.75, 3.05) is 14.2 Å². The molecule has 0 saturated heterocycles. The summed E-state index contributed by atoms with van der Waals surface area (Å²) in [7, 11) is 3.33. The highest BCUT2D eigenvalue weighted by molar-refractivity contribution is 6.02. The second-order valence-electron chi connectivity index (χ2n) is 7.73. The lowest BCUT2D eigenvalue weighted by Crippen LogP contribution is -2.13. The van der Waals surface area contributed by atoms with E-state index >= 15 is 0 Å². The molecule has 0 aliphatic heterocycles. The van der Waals surface area contributed by atoms with Gasteiger partial charge in [0.05, 0.1) is 26.3 Å². The topological polar surface area (TPSA) is 66.5 Å². The molecule has 3 rings (SSSR count). The van der Waals surface area contributed by atoms with E-state index in [1.54, 1.807) is 14.2 Å². The van der Waals surface area contributed by atoms with Crippen molar-refractivity contribution in [2.24, 2.45) is 5.73 Å². The first-order valence-electron chi connectivity index (χ1n) is 10.8. The molecule has 1 aromatic heterocycles. The van der Waals surface area contributed by atoms with Crippen LogP contribution in [0.3, 0.4) is 0 Å². The Kier molecular flexibility index (Phi) is 7.40. The molecule has 3 aromatic rings. The van der Waals surface area contributed by atoms with E-state index in [2.05, 4.69) is 17.6 Å². The van der Waals surface area contributed by atoms with Gasteiger partial charge in [0.15, 0.2) is 0 Å². The highest BCUT2D eigenvalue weighted by Gasteiger charge is 2.25. The van der Waals surface area contributed by atoms with Crippen molar-refractivity contribution in [3.63, 3.8) is 0 Å². The third-order valence-electron chi connectivity index (χ3n) is 5.79. The molecule has 0 radical (unpaired) electrons. The number of para-hydroxylation sites is 1. The van der Waals surface area contributed by atoms with Crippen LogP contribution in [-0.4, -0.2) is 24.7 Å². The van der Waals surface area contributed by atoms with E-state index < -0.39 is 5.91 Å². The fourth-order valence-electron chi connectivity index (χ4n) is 4.19. The highest BCUT2D eigenvalue weighted by atomic mass is 16.5. The molecule has 0 aliphatic rings. The highest BCUT2D eigenvalue weighted by Crippen LogP contribution is 2.36. The number of carbonyl (C=O) groups is 1. The number of ether oxygens (including phenoxy) is 2. The van der Waals surface area contributed by atoms with E-state index in [0.717, 1.165) is 65.3 Å². The van der Waals surface area contributed by atoms with Gasteiger partial charge in [-0.1, -0.05) is 50.1 Å². The molecule has 0 atom stereocenters. The van der Waals surface area contributed by atoms with Crippen LogP contribution in [0.15, 0.2) is 48.5 Å². The van der Waals surface area contributed by atoms with E-state index in [9.17, 15) is 4.79 Å². The summed E-state index contributed by atoms with van der Waals surface area (Å²) in [6, 6.07) is 15.8. The summed E-state index contributed by atoms with van der Waals surface area (Å²) in [5, 5.41) is 0. The molecular weight excluding hydrogens is 388 g/mol. The maximum absolute atomic E-state index is 12.6. The Morgan fingerprint density at radius 1 is 1.00 bits per heavy atom. The predicted molar refractivity (Wildman–Crippen MR) is 125 cm³/mol. The van der Waals surface area contributed by atoms with Crippen molar-refractivity contribution in [3.05, 3.63) is 71.0 Å². The van der Waals surface area contributed by atoms with E-state index in [4.69, 9.17) is 15.2 Å². The summed E-state index contributed by atoms with van der Waals surface area (Å²) in [5.74, 6) is 1.21. The Morgan fingerprint density at radius 3 is 2.32 bits per heavy atom. The van der Waals surface area contributed by atoms with Crippen molar-refractivity contribution in [1.29, 1.82) is 0 Å². The smallest absolute Gasteiger partial charge is 0.251 e. The molecule has 5 nitrogen and oxygen atoms in total. The van der Waals surface area contributed by atoms with Crippen LogP contribution in [0.2, 0.25) is 0 Å². The summed E-state index contributed by atoms with van der Waals surface area (Å²) in [6.07, 6.45) is 4.19. The minimum atomic E-state index is -0.404. The quantitative estimate of drug-likeness (QED) is 0.449. The zero-order chi connectivity index (χ0) is 22.4. The van der Waals surface area contributed by atoms with Gasteiger partial charge in [-0.15, -0.1) is 0 Å². The number of amides is 1. The maximum Gasteiger partial charge on any atom is 0.251 e. The van der Waals surface area contributed by atoms with Gasteiger partial charge in [0.25, 0.3) is 5.91 Å². The molecule has 1 amide bonds. The number of methoxy groups -OCH3 is 2. The maximum atomic E-state index is 12.6. The zero-order valence-corrected chi connectivity index (χ0v) is 18.9. The summed E-state index contributed by atoms with van der Waals surface area (Å²) in [5.41, 5.74) is 11.5. The van der Waals surface area contributed by atoms with Crippen molar-refractivity contribution < 1.29 is 14.3 Å². The average Bonchev–Trinajstić information content (AvgIpc) is 3.06. The largest absolute Gasteiger partial charge is 0.497 e. The van der Waals surface area contributed by atoms with Crippen molar-refractivity contribution >= 4 is 5.91 Å². The standard InChI is InChI=1S/C26H32N2O3/c1-5-6-7-11-22-25(19-13-15-21(30-3)16-14-19)24(26(27)29)18(2)28(22)17-20-10-8-9-12-23(20)31-4/h8-10,12-16H,5-7,11,17H2,1-4H3,(H2,27,29). The Labute approximate surface area is 184 Å². The van der Waals surface area contributed by atoms with Crippen LogP contribution >= 0.6 is 0 Å². The lowest BCUT2D eigenvalue weighted by molar-refractivity contribution is 0.1000. The molecular formula is C26H32N2O3. The number of unbranched alkanes of at least 4 members (excludes halogenated alkanes) is 2. The van der Waals surface area contributed by atoms with Gasteiger partial charge in [0.2, 0.25) is 0 Å². The van der Waals surface area contributed by atoms with Crippen molar-refractivity contribution in [2.45, 2.75) is 46.1 Å². The minimum Gasteiger partial charge on any atom is -0.497 e. The number of primary amides is 1. The van der Waals surface area contributed by atoms with Gasteiger partial charge in [-0.05, 0) is 43.5 Å². The molecule has 164 valence electrons. The third kappa shape index (κ3) is 4.76. The lowest BCUT2D eigenvalue weighted by Gasteiger charge is -2.15. The number of nitrogens with zero attached hydrogens (tertiary/aromatic N) is 1. The summed E-state index contributed by atoms with van der Waals surface area (Å²) < 4.78 is 13.1. The predicted octanol–water partition coefficient (Wildman–Crippen LogP) is 5.36. The number of benzene rings is 2. The fraction of sp³-hybridized carbons (Fsp3) is 0.346. The summed E-state index contributed by atoms with van der Waals surface area (Å²) in [6.45, 7) is 4.79. The fourth-order valence-corrected chi connectivity index (χ4v) is 4.19. The number of aromatic nitrogens is 1. The van der Waals surface area contributed by atoms with Crippen molar-refractivity contribution in [3.8, 4) is 22.6 Å². The molecule has 31 heavy (non-hydrogen) atoms. The first kappa shape index (κ1) is 22.5. The molecule has 0 fully saturated rings. The zero-order valence-electron chi connectivity index (χ0n) is 18.9. The minimum absolute atomic E-state index is 0.404. The van der Waals surface area contributed by atoms with Crippen LogP contribution in [0.1, 0.15) is 53.5 Å². The van der Waals surface area contributed by atoms with Gasteiger partial charge < -0.3 is 19.8 Å². The second kappa shape index (κ2) is 10.2. The molecule has 0 spiro atoms. The van der Waals surface area contributed by atoms with Gasteiger partial charge in [-0.2, -0.15) is 0 Å². The van der Waals surface area contributed by atoms with Crippen LogP contribution < -0.4 is 15.2 Å². The van der Waals surface area contributed by atoms with Crippen molar-refractivity contribution in [1.82, 2.24) is 4.57 Å². The lowest BCUT2D eigenvalue weighted by atomic mass is 9.97. The normalized spacial score (nSPS) is 10.8. The second-order valence-corrected chi connectivity index (χ2v) is 7.73. The summed E-state index contributed by atoms with van der Waals surface area (Å²) in [4.78, 5) is 12.6. The number of nitrogens with two attached hydrogens (primary N) is 1. The molecule has 2 N–H and O–H groups in total. The Hall–Kier alpha value is -3.21. The van der Waals surface area contributed by atoms with Crippen LogP contribution in [0.25, 0.3) is 11.1 Å². The third-order valence-corrected chi connectivity index (χ3v) is 5.79. The van der Waals surface area contributed by atoms with Crippen LogP contribution in [0.4, 0.5) is 0 Å². The number of carbonyl (C=O) groups excluding carboxylic acids is 1. The van der Waals surface area contributed by atoms with Gasteiger partial charge >= 0.3 is 0 Å². The number of rotatable bonds is 10. The van der Waals surface area contributed by atoms with Crippen LogP contribution in [0.5, 0.6) is 11.5 Å². The molecule has 0 bridgehead atoms. The van der Waals surface area contributed by atoms with E-state index in [-0.39, 0.29) is 0 Å². The first-order valence-corrected chi connectivity index (χ1v) is 10.8. The summed E-state index contributed by atoms with van der Waals surface area (Å²) >= 11 is 0. The molecule has 1 heterocycles. The Morgan fingerprint density at radius 2 is 1.71 bits per heavy atom. The molecule has 2 aromatic carbocycles. The molecule has 5 heteroatoms.